The van der Waals surface area contributed by atoms with Crippen molar-refractivity contribution in [3.63, 3.8) is 0 Å². The summed E-state index contributed by atoms with van der Waals surface area (Å²) in [5, 5.41) is 12.4. The van der Waals surface area contributed by atoms with Gasteiger partial charge in [-0.15, -0.1) is 0 Å². The molecule has 0 radical (unpaired) electrons. The van der Waals surface area contributed by atoms with Gasteiger partial charge in [0.2, 0.25) is 5.91 Å². The summed E-state index contributed by atoms with van der Waals surface area (Å²) in [7, 11) is 0. The molecule has 0 atom stereocenters. The molecule has 2 aromatic heterocycles. The van der Waals surface area contributed by atoms with Gasteiger partial charge in [0.05, 0.1) is 6.61 Å². The van der Waals surface area contributed by atoms with E-state index >= 15 is 0 Å². The fraction of sp³-hybridized carbons (Fsp3) is 0.640. The van der Waals surface area contributed by atoms with Crippen molar-refractivity contribution < 1.29 is 14.7 Å². The average molecular weight is 439 g/mol. The van der Waals surface area contributed by atoms with Crippen LogP contribution in [0.4, 0.5) is 5.82 Å². The van der Waals surface area contributed by atoms with E-state index in [0.29, 0.717) is 30.1 Å². The molecule has 0 unspecified atom stereocenters. The first-order valence-electron chi connectivity index (χ1n) is 12.2. The third kappa shape index (κ3) is 4.03. The van der Waals surface area contributed by atoms with Crippen molar-refractivity contribution in [2.75, 3.05) is 25.0 Å². The van der Waals surface area contributed by atoms with Crippen LogP contribution in [0.1, 0.15) is 68.8 Å². The number of carbonyl (C=O) groups is 2. The third-order valence-electron chi connectivity index (χ3n) is 7.83. The standard InChI is InChI=1S/C25H34N4O3/c1-2-6-28(7-8-30)24(32)20-16-29-21(26-20)4-3-5-22(29)27-23(31)15-25-12-17-9-18(13-25)11-19(10-17)14-25/h3-5,16-19,30H,2,6-15H2,1H3,(H,27,31). The van der Waals surface area contributed by atoms with E-state index in [-0.39, 0.29) is 30.4 Å². The van der Waals surface area contributed by atoms with E-state index in [1.807, 2.05) is 25.1 Å². The van der Waals surface area contributed by atoms with Crippen LogP contribution in [0, 0.1) is 23.2 Å². The maximum Gasteiger partial charge on any atom is 0.274 e. The second-order valence-electron chi connectivity index (χ2n) is 10.4. The Hall–Kier alpha value is -2.41. The molecule has 2 heterocycles. The van der Waals surface area contributed by atoms with Crippen molar-refractivity contribution in [1.29, 1.82) is 0 Å². The van der Waals surface area contributed by atoms with Gasteiger partial charge >= 0.3 is 0 Å². The van der Waals surface area contributed by atoms with Gasteiger partial charge in [-0.05, 0) is 80.2 Å². The summed E-state index contributed by atoms with van der Waals surface area (Å²) in [6.07, 6.45) is 10.8. The van der Waals surface area contributed by atoms with Crippen molar-refractivity contribution in [3.8, 4) is 0 Å². The second-order valence-corrected chi connectivity index (χ2v) is 10.4. The fourth-order valence-corrected chi connectivity index (χ4v) is 7.12. The first kappa shape index (κ1) is 21.4. The molecule has 6 rings (SSSR count). The Kier molecular flexibility index (Phi) is 5.70. The maximum absolute atomic E-state index is 13.1. The Balaban J connectivity index is 1.32. The fourth-order valence-electron chi connectivity index (χ4n) is 7.12. The lowest BCUT2D eigenvalue weighted by atomic mass is 9.49. The Morgan fingerprint density at radius 3 is 2.47 bits per heavy atom. The number of pyridine rings is 1. The number of hydrogen-bond acceptors (Lipinski definition) is 4. The molecular formula is C25H34N4O3. The molecule has 4 saturated carbocycles. The van der Waals surface area contributed by atoms with Crippen LogP contribution in [-0.4, -0.2) is 50.9 Å². The zero-order chi connectivity index (χ0) is 22.3. The summed E-state index contributed by atoms with van der Waals surface area (Å²) >= 11 is 0. The number of aromatic nitrogens is 2. The van der Waals surface area contributed by atoms with Gasteiger partial charge in [0, 0.05) is 25.7 Å². The number of nitrogens with one attached hydrogen (secondary N) is 1. The van der Waals surface area contributed by atoms with E-state index in [1.165, 1.54) is 38.5 Å². The third-order valence-corrected chi connectivity index (χ3v) is 7.83. The molecule has 4 bridgehead atoms. The minimum Gasteiger partial charge on any atom is -0.395 e. The van der Waals surface area contributed by atoms with Crippen LogP contribution in [0.15, 0.2) is 24.4 Å². The van der Waals surface area contributed by atoms with Gasteiger partial charge in [0.15, 0.2) is 0 Å². The first-order chi connectivity index (χ1) is 15.5. The predicted octanol–water partition coefficient (Wildman–Crippen LogP) is 3.72. The van der Waals surface area contributed by atoms with Gasteiger partial charge in [-0.1, -0.05) is 13.0 Å². The number of imidazole rings is 1. The van der Waals surface area contributed by atoms with Gasteiger partial charge in [-0.3, -0.25) is 14.0 Å². The van der Waals surface area contributed by atoms with Gasteiger partial charge in [-0.25, -0.2) is 4.98 Å². The zero-order valence-electron chi connectivity index (χ0n) is 18.9. The zero-order valence-corrected chi connectivity index (χ0v) is 18.9. The number of carbonyl (C=O) groups excluding carboxylic acids is 2. The van der Waals surface area contributed by atoms with Crippen molar-refractivity contribution in [1.82, 2.24) is 14.3 Å². The van der Waals surface area contributed by atoms with Gasteiger partial charge in [0.1, 0.15) is 17.2 Å². The Bertz CT molecular complexity index is 972. The minimum atomic E-state index is -0.199. The molecular weight excluding hydrogens is 404 g/mol. The van der Waals surface area contributed by atoms with Crippen molar-refractivity contribution in [2.24, 2.45) is 23.2 Å². The molecule has 2 aromatic rings. The molecule has 4 aliphatic carbocycles. The summed E-state index contributed by atoms with van der Waals surface area (Å²) in [5.41, 5.74) is 1.14. The summed E-state index contributed by atoms with van der Waals surface area (Å²) in [6.45, 7) is 2.78. The molecule has 2 amide bonds. The monoisotopic (exact) mass is 438 g/mol. The number of hydrogen-bond donors (Lipinski definition) is 2. The maximum atomic E-state index is 13.1. The smallest absolute Gasteiger partial charge is 0.274 e. The van der Waals surface area contributed by atoms with Crippen LogP contribution in [0.25, 0.3) is 5.65 Å². The molecule has 7 nitrogen and oxygen atoms in total. The van der Waals surface area contributed by atoms with Crippen LogP contribution in [0.5, 0.6) is 0 Å². The molecule has 32 heavy (non-hydrogen) atoms. The van der Waals surface area contributed by atoms with Crippen LogP contribution >= 0.6 is 0 Å². The van der Waals surface area contributed by atoms with E-state index in [4.69, 9.17) is 0 Å². The van der Waals surface area contributed by atoms with Gasteiger partial charge in [0.25, 0.3) is 5.91 Å². The molecule has 172 valence electrons. The molecule has 2 N–H and O–H groups in total. The predicted molar refractivity (Wildman–Crippen MR) is 122 cm³/mol. The number of fused-ring (bicyclic) bond motifs is 1. The number of amides is 2. The van der Waals surface area contributed by atoms with Crippen LogP contribution < -0.4 is 5.32 Å². The quantitative estimate of drug-likeness (QED) is 0.658. The van der Waals surface area contributed by atoms with Crippen molar-refractivity contribution >= 4 is 23.3 Å². The van der Waals surface area contributed by atoms with Gasteiger partial charge < -0.3 is 15.3 Å². The van der Waals surface area contributed by atoms with E-state index in [0.717, 1.165) is 24.2 Å². The Morgan fingerprint density at radius 2 is 1.84 bits per heavy atom. The second kappa shape index (κ2) is 8.50. The van der Waals surface area contributed by atoms with Crippen molar-refractivity contribution in [2.45, 2.75) is 58.3 Å². The van der Waals surface area contributed by atoms with Crippen LogP contribution in [-0.2, 0) is 4.79 Å². The summed E-state index contributed by atoms with van der Waals surface area (Å²) in [4.78, 5) is 32.1. The SMILES string of the molecule is CCCN(CCO)C(=O)c1cn2c(NC(=O)CC34CC5CC(CC(C5)C3)C4)cccc2n1. The Morgan fingerprint density at radius 1 is 1.16 bits per heavy atom. The van der Waals surface area contributed by atoms with E-state index in [1.54, 1.807) is 15.5 Å². The van der Waals surface area contributed by atoms with E-state index in [9.17, 15) is 14.7 Å². The number of nitrogens with zero attached hydrogens (tertiary/aromatic N) is 3. The number of aliphatic hydroxyl groups is 1. The highest BCUT2D eigenvalue weighted by Gasteiger charge is 2.51. The first-order valence-corrected chi connectivity index (χ1v) is 12.2. The number of anilines is 1. The molecule has 4 fully saturated rings. The lowest BCUT2D eigenvalue weighted by Gasteiger charge is -2.56. The highest BCUT2D eigenvalue weighted by molar-refractivity contribution is 5.94. The highest BCUT2D eigenvalue weighted by atomic mass is 16.3. The molecule has 0 aliphatic heterocycles. The van der Waals surface area contributed by atoms with Crippen LogP contribution in [0.2, 0.25) is 0 Å². The number of aliphatic hydroxyl groups excluding tert-OH is 1. The average Bonchev–Trinajstić information content (AvgIpc) is 3.17. The van der Waals surface area contributed by atoms with Crippen LogP contribution in [0.3, 0.4) is 0 Å². The molecule has 4 aliphatic rings. The Labute approximate surface area is 189 Å². The minimum absolute atomic E-state index is 0.0638. The lowest BCUT2D eigenvalue weighted by molar-refractivity contribution is -0.124. The largest absolute Gasteiger partial charge is 0.395 e. The van der Waals surface area contributed by atoms with E-state index < -0.39 is 0 Å². The summed E-state index contributed by atoms with van der Waals surface area (Å²) in [5.74, 6) is 2.98. The molecule has 7 heteroatoms. The van der Waals surface area contributed by atoms with Crippen molar-refractivity contribution in [3.05, 3.63) is 30.1 Å². The topological polar surface area (TPSA) is 86.9 Å². The molecule has 0 aromatic carbocycles. The summed E-state index contributed by atoms with van der Waals surface area (Å²) < 4.78 is 1.79. The van der Waals surface area contributed by atoms with Gasteiger partial charge in [-0.2, -0.15) is 0 Å². The molecule has 0 saturated heterocycles. The molecule has 0 spiro atoms. The normalized spacial score (nSPS) is 28.2. The number of rotatable bonds is 8. The summed E-state index contributed by atoms with van der Waals surface area (Å²) in [6, 6.07) is 5.55. The van der Waals surface area contributed by atoms with E-state index in [2.05, 4.69) is 10.3 Å². The highest BCUT2D eigenvalue weighted by Crippen LogP contribution is 2.61. The lowest BCUT2D eigenvalue weighted by Crippen LogP contribution is -2.47.